The third-order valence-electron chi connectivity index (χ3n) is 3.58. The fraction of sp³-hybridized carbons (Fsp3) is 0.375. The molecule has 0 radical (unpaired) electrons. The van der Waals surface area contributed by atoms with E-state index < -0.39 is 24.5 Å². The van der Waals surface area contributed by atoms with E-state index in [-0.39, 0.29) is 30.2 Å². The normalized spacial score (nSPS) is 18.7. The summed E-state index contributed by atoms with van der Waals surface area (Å²) in [6, 6.07) is 8.00. The number of rotatable bonds is 9. The summed E-state index contributed by atoms with van der Waals surface area (Å²) >= 11 is 7.04. The SMILES string of the molecule is O=C(O)COC(=S)CN1C(=O)[C@H](NC(=O)COc2ccccc2)[C@@H]1CI. The highest BCUT2D eigenvalue weighted by molar-refractivity contribution is 14.1. The highest BCUT2D eigenvalue weighted by Crippen LogP contribution is 2.22. The zero-order valence-electron chi connectivity index (χ0n) is 13.6. The minimum atomic E-state index is -1.14. The summed E-state index contributed by atoms with van der Waals surface area (Å²) in [5.74, 6) is -1.26. The Morgan fingerprint density at radius 2 is 1.96 bits per heavy atom. The van der Waals surface area contributed by atoms with Crippen molar-refractivity contribution in [2.45, 2.75) is 12.1 Å². The lowest BCUT2D eigenvalue weighted by molar-refractivity contribution is -0.151. The van der Waals surface area contributed by atoms with Gasteiger partial charge in [-0.3, -0.25) is 9.59 Å². The van der Waals surface area contributed by atoms with Crippen LogP contribution in [0.15, 0.2) is 30.3 Å². The molecule has 0 bridgehead atoms. The van der Waals surface area contributed by atoms with Crippen LogP contribution in [0.2, 0.25) is 0 Å². The summed E-state index contributed by atoms with van der Waals surface area (Å²) in [5, 5.41) is 11.2. The zero-order valence-corrected chi connectivity index (χ0v) is 16.6. The number of amides is 2. The van der Waals surface area contributed by atoms with Crippen molar-refractivity contribution in [2.75, 3.05) is 24.2 Å². The number of nitrogens with zero attached hydrogens (tertiary/aromatic N) is 1. The molecular weight excluding hydrogens is 475 g/mol. The average Bonchev–Trinajstić information content (AvgIpc) is 2.64. The van der Waals surface area contributed by atoms with E-state index in [0.29, 0.717) is 10.2 Å². The lowest BCUT2D eigenvalue weighted by atomic mass is 9.97. The van der Waals surface area contributed by atoms with Crippen LogP contribution in [0, 0.1) is 0 Å². The van der Waals surface area contributed by atoms with Crippen LogP contribution in [0.5, 0.6) is 5.75 Å². The van der Waals surface area contributed by atoms with Crippen LogP contribution < -0.4 is 10.1 Å². The number of hydrogen-bond donors (Lipinski definition) is 2. The van der Waals surface area contributed by atoms with Crippen LogP contribution in [0.1, 0.15) is 0 Å². The second kappa shape index (κ2) is 9.67. The largest absolute Gasteiger partial charge is 0.484 e. The quantitative estimate of drug-likeness (QED) is 0.226. The number of aliphatic carboxylic acids is 1. The number of β-lactam (4-membered cyclic amide) rings is 1. The number of carboxylic acids is 1. The fourth-order valence-corrected chi connectivity index (χ4v) is 3.52. The molecule has 140 valence electrons. The van der Waals surface area contributed by atoms with Crippen molar-refractivity contribution in [3.05, 3.63) is 30.3 Å². The smallest absolute Gasteiger partial charge is 0.341 e. The Morgan fingerprint density at radius 1 is 1.27 bits per heavy atom. The fourth-order valence-electron chi connectivity index (χ4n) is 2.34. The molecular formula is C16H17IN2O6S. The van der Waals surface area contributed by atoms with Gasteiger partial charge in [-0.05, 0) is 24.4 Å². The summed E-state index contributed by atoms with van der Waals surface area (Å²) in [4.78, 5) is 36.2. The molecule has 1 aliphatic heterocycles. The number of thiocarbonyl (C=S) groups is 1. The second-order valence-corrected chi connectivity index (χ2v) is 6.73. The third-order valence-corrected chi connectivity index (χ3v) is 4.73. The molecule has 1 aromatic rings. The number of nitrogens with one attached hydrogen (secondary N) is 1. The molecule has 2 rings (SSSR count). The van der Waals surface area contributed by atoms with Gasteiger partial charge in [-0.1, -0.05) is 40.8 Å². The van der Waals surface area contributed by atoms with Crippen molar-refractivity contribution >= 4 is 57.6 Å². The Balaban J connectivity index is 1.81. The minimum Gasteiger partial charge on any atom is -0.484 e. The number of ether oxygens (including phenoxy) is 2. The number of likely N-dealkylation sites (tertiary alicyclic amines) is 1. The van der Waals surface area contributed by atoms with Gasteiger partial charge in [0.25, 0.3) is 5.91 Å². The summed E-state index contributed by atoms with van der Waals surface area (Å²) in [7, 11) is 0. The van der Waals surface area contributed by atoms with E-state index in [9.17, 15) is 14.4 Å². The predicted octanol–water partition coefficient (Wildman–Crippen LogP) is 0.625. The maximum atomic E-state index is 12.2. The van der Waals surface area contributed by atoms with E-state index in [0.717, 1.165) is 0 Å². The number of alkyl halides is 1. The molecule has 8 nitrogen and oxygen atoms in total. The van der Waals surface area contributed by atoms with Crippen molar-refractivity contribution in [3.63, 3.8) is 0 Å². The monoisotopic (exact) mass is 492 g/mol. The van der Waals surface area contributed by atoms with Gasteiger partial charge in [0.2, 0.25) is 5.91 Å². The van der Waals surface area contributed by atoms with Gasteiger partial charge in [-0.25, -0.2) is 4.79 Å². The lowest BCUT2D eigenvalue weighted by Gasteiger charge is -2.46. The summed E-state index contributed by atoms with van der Waals surface area (Å²) < 4.78 is 10.8. The molecule has 26 heavy (non-hydrogen) atoms. The van der Waals surface area contributed by atoms with Crippen LogP contribution in [-0.4, -0.2) is 69.1 Å². The first-order valence-corrected chi connectivity index (χ1v) is 9.57. The van der Waals surface area contributed by atoms with Crippen LogP contribution >= 0.6 is 34.8 Å². The molecule has 1 heterocycles. The Bertz CT molecular complexity index is 687. The van der Waals surface area contributed by atoms with E-state index in [2.05, 4.69) is 27.9 Å². The van der Waals surface area contributed by atoms with Crippen molar-refractivity contribution in [3.8, 4) is 5.75 Å². The van der Waals surface area contributed by atoms with Gasteiger partial charge in [-0.2, -0.15) is 0 Å². The van der Waals surface area contributed by atoms with Gasteiger partial charge in [-0.15, -0.1) is 0 Å². The van der Waals surface area contributed by atoms with Crippen molar-refractivity contribution in [1.29, 1.82) is 0 Å². The maximum Gasteiger partial charge on any atom is 0.341 e. The number of carbonyl (C=O) groups is 3. The topological polar surface area (TPSA) is 105 Å². The van der Waals surface area contributed by atoms with Crippen LogP contribution in [-0.2, 0) is 19.1 Å². The van der Waals surface area contributed by atoms with E-state index in [1.54, 1.807) is 24.3 Å². The molecule has 1 aliphatic rings. The standard InChI is InChI=1S/C16H17IN2O6S/c17-6-11-15(16(23)19(11)7-14(26)25-9-13(21)22)18-12(20)8-24-10-4-2-1-3-5-10/h1-5,11,15H,6-9H2,(H,18,20)(H,21,22)/t11-,15+/m0/s1. The Kier molecular flexibility index (Phi) is 7.57. The number of hydrogen-bond acceptors (Lipinski definition) is 6. The number of carboxylic acid groups (broad SMARTS) is 1. The molecule has 2 amide bonds. The molecule has 0 unspecified atom stereocenters. The van der Waals surface area contributed by atoms with Gasteiger partial charge in [0, 0.05) is 4.43 Å². The molecule has 0 spiro atoms. The Labute approximate surface area is 169 Å². The summed E-state index contributed by atoms with van der Waals surface area (Å²) in [5.41, 5.74) is 0. The Morgan fingerprint density at radius 3 is 2.58 bits per heavy atom. The minimum absolute atomic E-state index is 0.0159. The maximum absolute atomic E-state index is 12.2. The van der Waals surface area contributed by atoms with Crippen molar-refractivity contribution in [1.82, 2.24) is 10.2 Å². The number of para-hydroxylation sites is 1. The van der Waals surface area contributed by atoms with E-state index >= 15 is 0 Å². The Hall–Kier alpha value is -1.95. The summed E-state index contributed by atoms with van der Waals surface area (Å²) in [6.07, 6.45) is 0. The highest BCUT2D eigenvalue weighted by atomic mass is 127. The van der Waals surface area contributed by atoms with Crippen LogP contribution in [0.4, 0.5) is 0 Å². The van der Waals surface area contributed by atoms with E-state index in [4.69, 9.17) is 26.8 Å². The van der Waals surface area contributed by atoms with E-state index in [1.807, 2.05) is 6.07 Å². The van der Waals surface area contributed by atoms with Gasteiger partial charge < -0.3 is 24.8 Å². The second-order valence-electron chi connectivity index (χ2n) is 5.39. The molecule has 10 heteroatoms. The highest BCUT2D eigenvalue weighted by Gasteiger charge is 2.47. The predicted molar refractivity (Wildman–Crippen MR) is 104 cm³/mol. The first-order valence-electron chi connectivity index (χ1n) is 7.63. The molecule has 1 saturated heterocycles. The van der Waals surface area contributed by atoms with Crippen LogP contribution in [0.3, 0.4) is 0 Å². The van der Waals surface area contributed by atoms with Gasteiger partial charge in [0.1, 0.15) is 11.8 Å². The zero-order chi connectivity index (χ0) is 19.1. The number of carbonyl (C=O) groups excluding carboxylic acids is 2. The first-order chi connectivity index (χ1) is 12.4. The molecule has 1 fully saturated rings. The molecule has 0 aliphatic carbocycles. The molecule has 0 saturated carbocycles. The molecule has 2 atom stereocenters. The molecule has 2 N–H and O–H groups in total. The third kappa shape index (κ3) is 5.53. The number of benzene rings is 1. The summed E-state index contributed by atoms with van der Waals surface area (Å²) in [6.45, 7) is -0.726. The average molecular weight is 492 g/mol. The molecule has 0 aromatic heterocycles. The molecule has 1 aromatic carbocycles. The van der Waals surface area contributed by atoms with E-state index in [1.165, 1.54) is 4.90 Å². The van der Waals surface area contributed by atoms with Crippen LogP contribution in [0.25, 0.3) is 0 Å². The number of halogens is 1. The van der Waals surface area contributed by atoms with Gasteiger partial charge in [0.15, 0.2) is 18.3 Å². The lowest BCUT2D eigenvalue weighted by Crippen LogP contribution is -2.72. The van der Waals surface area contributed by atoms with Crippen molar-refractivity contribution < 1.29 is 29.0 Å². The first kappa shape index (κ1) is 20.4. The van der Waals surface area contributed by atoms with Crippen molar-refractivity contribution in [2.24, 2.45) is 0 Å². The van der Waals surface area contributed by atoms with Gasteiger partial charge in [0.05, 0.1) is 12.6 Å². The van der Waals surface area contributed by atoms with Gasteiger partial charge >= 0.3 is 5.97 Å².